The number of nitrogens with one attached hydrogen (secondary N) is 1. The van der Waals surface area contributed by atoms with Gasteiger partial charge in [-0.15, -0.1) is 0 Å². The van der Waals surface area contributed by atoms with Crippen molar-refractivity contribution in [1.29, 1.82) is 0 Å². The molecule has 0 unspecified atom stereocenters. The lowest BCUT2D eigenvalue weighted by molar-refractivity contribution is 0.0996. The summed E-state index contributed by atoms with van der Waals surface area (Å²) >= 11 is 0. The second-order valence-electron chi connectivity index (χ2n) is 4.36. The molecule has 0 radical (unpaired) electrons. The highest BCUT2D eigenvalue weighted by Crippen LogP contribution is 2.15. The number of amides is 1. The van der Waals surface area contributed by atoms with Crippen molar-refractivity contribution in [2.75, 3.05) is 37.2 Å². The van der Waals surface area contributed by atoms with Crippen molar-refractivity contribution in [2.45, 2.75) is 20.3 Å². The molecule has 0 aliphatic carbocycles. The number of hydrogen-bond donors (Lipinski definition) is 3. The van der Waals surface area contributed by atoms with Gasteiger partial charge in [-0.05, 0) is 31.6 Å². The van der Waals surface area contributed by atoms with Crippen LogP contribution in [0.4, 0.5) is 11.5 Å². The smallest absolute Gasteiger partial charge is 0.267 e. The zero-order valence-corrected chi connectivity index (χ0v) is 11.6. The van der Waals surface area contributed by atoms with Crippen LogP contribution >= 0.6 is 0 Å². The molecule has 6 heteroatoms. The predicted octanol–water partition coefficient (Wildman–Crippen LogP) is 0.907. The van der Waals surface area contributed by atoms with Gasteiger partial charge in [-0.1, -0.05) is 13.8 Å². The number of carbonyl (C=O) groups is 1. The Kier molecular flexibility index (Phi) is 6.08. The number of primary amides is 1. The topological polar surface area (TPSA) is 97.3 Å². The van der Waals surface area contributed by atoms with Crippen molar-refractivity contribution >= 4 is 17.4 Å². The van der Waals surface area contributed by atoms with Crippen molar-refractivity contribution in [1.82, 2.24) is 9.88 Å². The largest absolute Gasteiger partial charge is 0.396 e. The van der Waals surface area contributed by atoms with Crippen LogP contribution in [0.3, 0.4) is 0 Å². The van der Waals surface area contributed by atoms with Crippen molar-refractivity contribution < 1.29 is 4.79 Å². The molecule has 19 heavy (non-hydrogen) atoms. The zero-order chi connectivity index (χ0) is 14.3. The van der Waals surface area contributed by atoms with Gasteiger partial charge in [0, 0.05) is 13.1 Å². The van der Waals surface area contributed by atoms with Crippen LogP contribution in [0.15, 0.2) is 12.1 Å². The Hall–Kier alpha value is -1.82. The van der Waals surface area contributed by atoms with E-state index in [1.807, 2.05) is 0 Å². The molecule has 6 nitrogen and oxygen atoms in total. The van der Waals surface area contributed by atoms with Gasteiger partial charge in [0.25, 0.3) is 5.91 Å². The lowest BCUT2D eigenvalue weighted by Crippen LogP contribution is -2.30. The SMILES string of the molecule is CCCN(CC)CCNc1nc(C(N)=O)ccc1N. The number of rotatable bonds is 8. The van der Waals surface area contributed by atoms with E-state index in [9.17, 15) is 4.79 Å². The Morgan fingerprint density at radius 3 is 2.68 bits per heavy atom. The van der Waals surface area contributed by atoms with Gasteiger partial charge in [0.15, 0.2) is 0 Å². The maximum Gasteiger partial charge on any atom is 0.267 e. The van der Waals surface area contributed by atoms with Gasteiger partial charge in [-0.2, -0.15) is 0 Å². The first kappa shape index (κ1) is 15.2. The van der Waals surface area contributed by atoms with Crippen LogP contribution in [-0.2, 0) is 0 Å². The Balaban J connectivity index is 2.57. The third kappa shape index (κ3) is 4.75. The molecule has 1 rings (SSSR count). The molecule has 0 atom stereocenters. The first-order valence-corrected chi connectivity index (χ1v) is 6.61. The maximum atomic E-state index is 11.1. The summed E-state index contributed by atoms with van der Waals surface area (Å²) in [6.45, 7) is 8.02. The van der Waals surface area contributed by atoms with Crippen molar-refractivity contribution in [3.8, 4) is 0 Å². The van der Waals surface area contributed by atoms with Crippen LogP contribution in [0.25, 0.3) is 0 Å². The standard InChI is InChI=1S/C13H23N5O/c1-3-8-18(4-2)9-7-16-13-10(14)5-6-11(17-13)12(15)19/h5-6H,3-4,7-9,14H2,1-2H3,(H2,15,19)(H,16,17). The quantitative estimate of drug-likeness (QED) is 0.649. The Morgan fingerprint density at radius 2 is 2.11 bits per heavy atom. The summed E-state index contributed by atoms with van der Waals surface area (Å²) in [4.78, 5) is 17.5. The second kappa shape index (κ2) is 7.58. The van der Waals surface area contributed by atoms with E-state index in [2.05, 4.69) is 29.0 Å². The van der Waals surface area contributed by atoms with E-state index < -0.39 is 5.91 Å². The average Bonchev–Trinajstić information content (AvgIpc) is 2.39. The average molecular weight is 265 g/mol. The van der Waals surface area contributed by atoms with Gasteiger partial charge in [-0.25, -0.2) is 4.98 Å². The van der Waals surface area contributed by atoms with E-state index in [-0.39, 0.29) is 5.69 Å². The third-order valence-electron chi connectivity index (χ3n) is 2.89. The highest BCUT2D eigenvalue weighted by Gasteiger charge is 2.07. The number of nitrogens with two attached hydrogens (primary N) is 2. The number of anilines is 2. The van der Waals surface area contributed by atoms with E-state index >= 15 is 0 Å². The van der Waals surface area contributed by atoms with Crippen molar-refractivity contribution in [3.63, 3.8) is 0 Å². The Labute approximate surface area is 114 Å². The summed E-state index contributed by atoms with van der Waals surface area (Å²) in [5, 5.41) is 3.15. The van der Waals surface area contributed by atoms with Crippen molar-refractivity contribution in [3.05, 3.63) is 17.8 Å². The number of likely N-dealkylation sites (N-methyl/N-ethyl adjacent to an activating group) is 1. The Morgan fingerprint density at radius 1 is 1.37 bits per heavy atom. The molecule has 0 aromatic carbocycles. The molecule has 5 N–H and O–H groups in total. The number of nitrogens with zero attached hydrogens (tertiary/aromatic N) is 2. The van der Waals surface area contributed by atoms with E-state index in [1.165, 1.54) is 6.07 Å². The number of nitrogen functional groups attached to an aromatic ring is 1. The van der Waals surface area contributed by atoms with Gasteiger partial charge in [-0.3, -0.25) is 4.79 Å². The summed E-state index contributed by atoms with van der Waals surface area (Å²) in [5.41, 5.74) is 11.7. The number of carbonyl (C=O) groups excluding carboxylic acids is 1. The minimum Gasteiger partial charge on any atom is -0.396 e. The highest BCUT2D eigenvalue weighted by molar-refractivity contribution is 5.91. The fourth-order valence-electron chi connectivity index (χ4n) is 1.83. The number of aromatic nitrogens is 1. The number of pyridine rings is 1. The molecule has 106 valence electrons. The molecule has 0 fully saturated rings. The van der Waals surface area contributed by atoms with Gasteiger partial charge in [0.05, 0.1) is 5.69 Å². The molecule has 0 saturated heterocycles. The normalized spacial score (nSPS) is 10.7. The highest BCUT2D eigenvalue weighted by atomic mass is 16.1. The summed E-state index contributed by atoms with van der Waals surface area (Å²) in [6.07, 6.45) is 1.13. The predicted molar refractivity (Wildman–Crippen MR) is 78.1 cm³/mol. The minimum absolute atomic E-state index is 0.220. The molecule has 1 aromatic rings. The molecule has 0 aliphatic rings. The lowest BCUT2D eigenvalue weighted by atomic mass is 10.3. The van der Waals surface area contributed by atoms with Crippen LogP contribution in [0.5, 0.6) is 0 Å². The van der Waals surface area contributed by atoms with E-state index in [1.54, 1.807) is 6.07 Å². The molecular weight excluding hydrogens is 242 g/mol. The van der Waals surface area contributed by atoms with E-state index in [0.717, 1.165) is 32.6 Å². The van der Waals surface area contributed by atoms with Gasteiger partial charge in [0.1, 0.15) is 11.5 Å². The lowest BCUT2D eigenvalue weighted by Gasteiger charge is -2.20. The van der Waals surface area contributed by atoms with Crippen LogP contribution in [0, 0.1) is 0 Å². The summed E-state index contributed by atoms with van der Waals surface area (Å²) < 4.78 is 0. The van der Waals surface area contributed by atoms with E-state index in [0.29, 0.717) is 11.5 Å². The first-order valence-electron chi connectivity index (χ1n) is 6.61. The number of hydrogen-bond acceptors (Lipinski definition) is 5. The van der Waals surface area contributed by atoms with Crippen molar-refractivity contribution in [2.24, 2.45) is 5.73 Å². The van der Waals surface area contributed by atoms with Crippen LogP contribution in [0.1, 0.15) is 30.8 Å². The summed E-state index contributed by atoms with van der Waals surface area (Å²) in [7, 11) is 0. The molecule has 1 heterocycles. The van der Waals surface area contributed by atoms with Crippen LogP contribution in [0.2, 0.25) is 0 Å². The molecule has 0 bridgehead atoms. The van der Waals surface area contributed by atoms with Gasteiger partial charge < -0.3 is 21.7 Å². The first-order chi connectivity index (χ1) is 9.08. The fourth-order valence-corrected chi connectivity index (χ4v) is 1.83. The van der Waals surface area contributed by atoms with E-state index in [4.69, 9.17) is 11.5 Å². The molecule has 1 amide bonds. The molecular formula is C13H23N5O. The third-order valence-corrected chi connectivity index (χ3v) is 2.89. The maximum absolute atomic E-state index is 11.1. The van der Waals surface area contributed by atoms with Gasteiger partial charge in [0.2, 0.25) is 0 Å². The zero-order valence-electron chi connectivity index (χ0n) is 11.6. The molecule has 0 saturated carbocycles. The minimum atomic E-state index is -0.552. The molecule has 0 spiro atoms. The summed E-state index contributed by atoms with van der Waals surface area (Å²) in [6, 6.07) is 3.16. The fraction of sp³-hybridized carbons (Fsp3) is 0.538. The summed E-state index contributed by atoms with van der Waals surface area (Å²) in [5.74, 6) is -0.0342. The Bertz CT molecular complexity index is 421. The van der Waals surface area contributed by atoms with Gasteiger partial charge >= 0.3 is 0 Å². The second-order valence-corrected chi connectivity index (χ2v) is 4.36. The van der Waals surface area contributed by atoms with Crippen LogP contribution < -0.4 is 16.8 Å². The molecule has 1 aromatic heterocycles. The van der Waals surface area contributed by atoms with Crippen LogP contribution in [-0.4, -0.2) is 42.0 Å². The monoisotopic (exact) mass is 265 g/mol. The molecule has 0 aliphatic heterocycles.